The van der Waals surface area contributed by atoms with E-state index in [0.717, 1.165) is 12.1 Å². The van der Waals surface area contributed by atoms with Crippen molar-refractivity contribution in [3.63, 3.8) is 0 Å². The molecular weight excluding hydrogens is 216 g/mol. The molecule has 1 rings (SSSR count). The minimum Gasteiger partial charge on any atom is -0.508 e. The van der Waals surface area contributed by atoms with Crippen molar-refractivity contribution in [2.75, 3.05) is 0 Å². The van der Waals surface area contributed by atoms with E-state index in [2.05, 4.69) is 24.4 Å². The molecule has 1 unspecified atom stereocenters. The summed E-state index contributed by atoms with van der Waals surface area (Å²) in [4.78, 5) is 11.7. The molecule has 0 saturated heterocycles. The van der Waals surface area contributed by atoms with Crippen LogP contribution < -0.4 is 5.43 Å². The van der Waals surface area contributed by atoms with E-state index in [1.54, 1.807) is 12.1 Å². The van der Waals surface area contributed by atoms with Crippen LogP contribution in [0.1, 0.15) is 37.6 Å². The van der Waals surface area contributed by atoms with Crippen LogP contribution in [0.3, 0.4) is 0 Å². The molecule has 1 aromatic carbocycles. The molecule has 4 heteroatoms. The molecule has 0 fully saturated rings. The van der Waals surface area contributed by atoms with Crippen LogP contribution in [0, 0.1) is 5.92 Å². The summed E-state index contributed by atoms with van der Waals surface area (Å²) in [6.45, 7) is 6.03. The van der Waals surface area contributed by atoms with Gasteiger partial charge in [-0.2, -0.15) is 5.10 Å². The van der Waals surface area contributed by atoms with Crippen LogP contribution in [0.5, 0.6) is 5.75 Å². The molecule has 0 spiro atoms. The molecule has 2 N–H and O–H groups in total. The maximum Gasteiger partial charge on any atom is 0.271 e. The molecule has 0 aliphatic heterocycles. The topological polar surface area (TPSA) is 61.7 Å². The first kappa shape index (κ1) is 13.2. The summed E-state index contributed by atoms with van der Waals surface area (Å²) in [5.41, 5.74) is 3.88. The Morgan fingerprint density at radius 1 is 1.41 bits per heavy atom. The number of amides is 1. The van der Waals surface area contributed by atoms with Gasteiger partial charge >= 0.3 is 0 Å². The zero-order valence-corrected chi connectivity index (χ0v) is 10.4. The number of nitrogens with zero attached hydrogens (tertiary/aromatic N) is 1. The van der Waals surface area contributed by atoms with Gasteiger partial charge in [0.1, 0.15) is 5.75 Å². The molecule has 17 heavy (non-hydrogen) atoms. The van der Waals surface area contributed by atoms with E-state index in [1.165, 1.54) is 12.1 Å². The molecule has 0 aliphatic carbocycles. The van der Waals surface area contributed by atoms with Gasteiger partial charge in [0.15, 0.2) is 0 Å². The Morgan fingerprint density at radius 2 is 2.00 bits per heavy atom. The van der Waals surface area contributed by atoms with Gasteiger partial charge in [-0.15, -0.1) is 0 Å². The van der Waals surface area contributed by atoms with E-state index in [1.807, 2.05) is 6.92 Å². The predicted octanol–water partition coefficient (Wildman–Crippen LogP) is 2.54. The summed E-state index contributed by atoms with van der Waals surface area (Å²) >= 11 is 0. The molecule has 0 aliphatic rings. The minimum absolute atomic E-state index is 0.140. The van der Waals surface area contributed by atoms with E-state index < -0.39 is 0 Å². The fraction of sp³-hybridized carbons (Fsp3) is 0.385. The maximum atomic E-state index is 11.7. The highest BCUT2D eigenvalue weighted by atomic mass is 16.3. The number of hydrazone groups is 1. The Labute approximate surface area is 101 Å². The van der Waals surface area contributed by atoms with Crippen molar-refractivity contribution in [2.24, 2.45) is 11.0 Å². The Morgan fingerprint density at radius 3 is 2.53 bits per heavy atom. The molecule has 0 bridgehead atoms. The fourth-order valence-electron chi connectivity index (χ4n) is 1.22. The minimum atomic E-state index is -0.271. The van der Waals surface area contributed by atoms with Gasteiger partial charge in [-0.3, -0.25) is 4.79 Å². The van der Waals surface area contributed by atoms with Crippen LogP contribution in [-0.4, -0.2) is 16.7 Å². The van der Waals surface area contributed by atoms with Gasteiger partial charge in [0.2, 0.25) is 0 Å². The molecule has 92 valence electrons. The highest BCUT2D eigenvalue weighted by molar-refractivity contribution is 5.95. The van der Waals surface area contributed by atoms with Crippen molar-refractivity contribution in [3.8, 4) is 5.75 Å². The molecule has 1 amide bonds. The number of carbonyl (C=O) groups is 1. The third kappa shape index (κ3) is 3.90. The highest BCUT2D eigenvalue weighted by Gasteiger charge is 2.06. The third-order valence-electron chi connectivity index (χ3n) is 2.79. The number of nitrogens with one attached hydrogen (secondary N) is 1. The summed E-state index contributed by atoms with van der Waals surface area (Å²) in [7, 11) is 0. The molecule has 4 nitrogen and oxygen atoms in total. The second-order valence-electron chi connectivity index (χ2n) is 4.05. The van der Waals surface area contributed by atoms with E-state index in [0.29, 0.717) is 11.5 Å². The molecule has 1 aromatic rings. The number of hydrogen-bond donors (Lipinski definition) is 2. The van der Waals surface area contributed by atoms with Gasteiger partial charge in [0.25, 0.3) is 5.91 Å². The quantitative estimate of drug-likeness (QED) is 0.621. The van der Waals surface area contributed by atoms with Crippen LogP contribution in [0.4, 0.5) is 0 Å². The summed E-state index contributed by atoms with van der Waals surface area (Å²) in [6, 6.07) is 6.05. The van der Waals surface area contributed by atoms with Crippen LogP contribution in [0.15, 0.2) is 29.4 Å². The number of hydrogen-bond acceptors (Lipinski definition) is 3. The lowest BCUT2D eigenvalue weighted by Gasteiger charge is -2.07. The van der Waals surface area contributed by atoms with Crippen LogP contribution >= 0.6 is 0 Å². The molecule has 0 radical (unpaired) electrons. The zero-order valence-electron chi connectivity index (χ0n) is 10.4. The normalized spacial score (nSPS) is 13.2. The first-order valence-electron chi connectivity index (χ1n) is 5.68. The van der Waals surface area contributed by atoms with Crippen molar-refractivity contribution in [2.45, 2.75) is 27.2 Å². The SMILES string of the molecule is CCC(C)/C(C)=N/NC(=O)c1ccc(O)cc1. The van der Waals surface area contributed by atoms with Gasteiger partial charge in [-0.25, -0.2) is 5.43 Å². The lowest BCUT2D eigenvalue weighted by Crippen LogP contribution is -2.20. The number of rotatable bonds is 4. The Hall–Kier alpha value is -1.84. The second-order valence-corrected chi connectivity index (χ2v) is 4.05. The Balaban J connectivity index is 2.64. The number of phenols is 1. The highest BCUT2D eigenvalue weighted by Crippen LogP contribution is 2.09. The van der Waals surface area contributed by atoms with Gasteiger partial charge in [-0.05, 0) is 43.5 Å². The number of carbonyl (C=O) groups excluding carboxylic acids is 1. The lowest BCUT2D eigenvalue weighted by molar-refractivity contribution is 0.0954. The summed E-state index contributed by atoms with van der Waals surface area (Å²) in [6.07, 6.45) is 0.990. The van der Waals surface area contributed by atoms with Crippen molar-refractivity contribution in [1.82, 2.24) is 5.43 Å². The zero-order chi connectivity index (χ0) is 12.8. The average Bonchev–Trinajstić information content (AvgIpc) is 2.35. The monoisotopic (exact) mass is 234 g/mol. The third-order valence-corrected chi connectivity index (χ3v) is 2.79. The van der Waals surface area contributed by atoms with Crippen LogP contribution in [-0.2, 0) is 0 Å². The average molecular weight is 234 g/mol. The summed E-state index contributed by atoms with van der Waals surface area (Å²) in [5, 5.41) is 13.2. The van der Waals surface area contributed by atoms with Crippen LogP contribution in [0.25, 0.3) is 0 Å². The van der Waals surface area contributed by atoms with Gasteiger partial charge < -0.3 is 5.11 Å². The maximum absolute atomic E-state index is 11.7. The molecule has 1 atom stereocenters. The Kier molecular flexibility index (Phi) is 4.69. The number of benzene rings is 1. The molecular formula is C13H18N2O2. The predicted molar refractivity (Wildman–Crippen MR) is 68.1 cm³/mol. The lowest BCUT2D eigenvalue weighted by atomic mass is 10.1. The molecule has 0 saturated carbocycles. The van der Waals surface area contributed by atoms with Crippen molar-refractivity contribution >= 4 is 11.6 Å². The van der Waals surface area contributed by atoms with Crippen LogP contribution in [0.2, 0.25) is 0 Å². The van der Waals surface area contributed by atoms with Crippen molar-refractivity contribution < 1.29 is 9.90 Å². The van der Waals surface area contributed by atoms with Crippen molar-refractivity contribution in [1.29, 1.82) is 0 Å². The number of phenolic OH excluding ortho intramolecular Hbond substituents is 1. The summed E-state index contributed by atoms with van der Waals surface area (Å²) in [5.74, 6) is 0.226. The first-order chi connectivity index (χ1) is 8.04. The van der Waals surface area contributed by atoms with E-state index >= 15 is 0 Å². The molecule has 0 aromatic heterocycles. The number of aromatic hydroxyl groups is 1. The van der Waals surface area contributed by atoms with Crippen molar-refractivity contribution in [3.05, 3.63) is 29.8 Å². The second kappa shape index (κ2) is 6.03. The standard InChI is InChI=1S/C13H18N2O2/c1-4-9(2)10(3)14-15-13(17)11-5-7-12(16)8-6-11/h5-9,16H,4H2,1-3H3,(H,15,17)/b14-10+. The van der Waals surface area contributed by atoms with Gasteiger partial charge in [0.05, 0.1) is 0 Å². The first-order valence-corrected chi connectivity index (χ1v) is 5.68. The van der Waals surface area contributed by atoms with E-state index in [-0.39, 0.29) is 11.7 Å². The van der Waals surface area contributed by atoms with Gasteiger partial charge in [0, 0.05) is 11.3 Å². The molecule has 0 heterocycles. The smallest absolute Gasteiger partial charge is 0.271 e. The van der Waals surface area contributed by atoms with E-state index in [4.69, 9.17) is 5.11 Å². The largest absolute Gasteiger partial charge is 0.508 e. The van der Waals surface area contributed by atoms with Gasteiger partial charge in [-0.1, -0.05) is 13.8 Å². The Bertz CT molecular complexity index is 410. The fourth-order valence-corrected chi connectivity index (χ4v) is 1.22. The summed E-state index contributed by atoms with van der Waals surface area (Å²) < 4.78 is 0. The van der Waals surface area contributed by atoms with E-state index in [9.17, 15) is 4.79 Å².